The van der Waals surface area contributed by atoms with Crippen molar-refractivity contribution in [1.29, 1.82) is 0 Å². The van der Waals surface area contributed by atoms with Gasteiger partial charge in [-0.05, 0) is 44.8 Å². The zero-order valence-electron chi connectivity index (χ0n) is 20.9. The monoisotopic (exact) mass is 458 g/mol. The van der Waals surface area contributed by atoms with E-state index in [0.717, 1.165) is 55.9 Å². The summed E-state index contributed by atoms with van der Waals surface area (Å²) in [6, 6.07) is 8.83. The first-order valence-electron chi connectivity index (χ1n) is 12.2. The number of thioether (sulfide) groups is 1. The normalized spacial score (nSPS) is 19.4. The van der Waals surface area contributed by atoms with Gasteiger partial charge in [-0.2, -0.15) is 0 Å². The highest BCUT2D eigenvalue weighted by atomic mass is 32.2. The number of hydrogen-bond acceptors (Lipinski definition) is 7. The number of piperidine rings is 1. The second-order valence-corrected chi connectivity index (χ2v) is 8.50. The standard InChI is InChI=1S/C21H30N6S.2C2H6/c1-25-11-13-26(14-12-25)20-15-17(23-21(24-20)28-2)16-27-10-6-4-8-19(27)18-7-3-5-9-22-18;2*1-2/h3,5,7,9,15,19H,4,6,8,10-14,16H2,1-2H3;2*1-2H3. The number of hydrogen-bond donors (Lipinski definition) is 0. The smallest absolute Gasteiger partial charge is 0.189 e. The maximum absolute atomic E-state index is 4.84. The van der Waals surface area contributed by atoms with E-state index in [4.69, 9.17) is 9.97 Å². The highest BCUT2D eigenvalue weighted by Gasteiger charge is 2.26. The predicted molar refractivity (Wildman–Crippen MR) is 137 cm³/mol. The van der Waals surface area contributed by atoms with Gasteiger partial charge in [0, 0.05) is 45.0 Å². The minimum Gasteiger partial charge on any atom is -0.354 e. The van der Waals surface area contributed by atoms with E-state index in [2.05, 4.69) is 51.2 Å². The van der Waals surface area contributed by atoms with Crippen LogP contribution in [-0.4, -0.2) is 70.8 Å². The number of likely N-dealkylation sites (N-methyl/N-ethyl adjacent to an activating group) is 1. The molecule has 0 aliphatic carbocycles. The lowest BCUT2D eigenvalue weighted by Crippen LogP contribution is -2.45. The quantitative estimate of drug-likeness (QED) is 0.455. The van der Waals surface area contributed by atoms with Crippen LogP contribution in [0.1, 0.15) is 64.4 Å². The fourth-order valence-corrected chi connectivity index (χ4v) is 4.52. The Labute approximate surface area is 199 Å². The molecule has 1 unspecified atom stereocenters. The number of aromatic nitrogens is 3. The summed E-state index contributed by atoms with van der Waals surface area (Å²) in [6.07, 6.45) is 7.65. The first kappa shape index (κ1) is 26.6. The molecule has 178 valence electrons. The maximum atomic E-state index is 4.84. The number of pyridine rings is 1. The van der Waals surface area contributed by atoms with Crippen LogP contribution in [0.25, 0.3) is 0 Å². The molecule has 0 N–H and O–H groups in total. The van der Waals surface area contributed by atoms with Crippen LogP contribution in [0.15, 0.2) is 35.6 Å². The van der Waals surface area contributed by atoms with Crippen molar-refractivity contribution in [2.45, 2.75) is 64.7 Å². The topological polar surface area (TPSA) is 48.4 Å². The van der Waals surface area contributed by atoms with E-state index in [0.29, 0.717) is 6.04 Å². The Balaban J connectivity index is 0.000000860. The number of rotatable bonds is 5. The molecule has 0 aromatic carbocycles. The molecule has 4 rings (SSSR count). The summed E-state index contributed by atoms with van der Waals surface area (Å²) in [5.41, 5.74) is 2.30. The van der Waals surface area contributed by atoms with Crippen molar-refractivity contribution < 1.29 is 0 Å². The number of likely N-dealkylation sites (tertiary alicyclic amines) is 1. The first-order valence-corrected chi connectivity index (χ1v) is 13.5. The van der Waals surface area contributed by atoms with Crippen LogP contribution >= 0.6 is 11.8 Å². The van der Waals surface area contributed by atoms with Gasteiger partial charge in [0.15, 0.2) is 5.16 Å². The van der Waals surface area contributed by atoms with Gasteiger partial charge in [-0.1, -0.05) is 51.9 Å². The van der Waals surface area contributed by atoms with Gasteiger partial charge < -0.3 is 9.80 Å². The van der Waals surface area contributed by atoms with E-state index in [-0.39, 0.29) is 0 Å². The molecule has 2 aromatic heterocycles. The molecule has 2 fully saturated rings. The maximum Gasteiger partial charge on any atom is 0.189 e. The molecule has 2 aromatic rings. The van der Waals surface area contributed by atoms with Crippen LogP contribution in [0.4, 0.5) is 5.82 Å². The van der Waals surface area contributed by atoms with E-state index < -0.39 is 0 Å². The largest absolute Gasteiger partial charge is 0.354 e. The molecule has 1 atom stereocenters. The molecule has 4 heterocycles. The predicted octanol–water partition coefficient (Wildman–Crippen LogP) is 5.12. The van der Waals surface area contributed by atoms with Gasteiger partial charge in [0.05, 0.1) is 17.4 Å². The average Bonchev–Trinajstić information content (AvgIpc) is 2.87. The second-order valence-electron chi connectivity index (χ2n) is 7.73. The van der Waals surface area contributed by atoms with Gasteiger partial charge >= 0.3 is 0 Å². The van der Waals surface area contributed by atoms with Crippen LogP contribution < -0.4 is 4.90 Å². The van der Waals surface area contributed by atoms with E-state index in [1.165, 1.54) is 25.0 Å². The van der Waals surface area contributed by atoms with Crippen molar-refractivity contribution in [1.82, 2.24) is 24.8 Å². The molecule has 2 aliphatic heterocycles. The van der Waals surface area contributed by atoms with Crippen molar-refractivity contribution in [3.8, 4) is 0 Å². The van der Waals surface area contributed by atoms with Crippen molar-refractivity contribution >= 4 is 17.6 Å². The Morgan fingerprint density at radius 1 is 0.969 bits per heavy atom. The Morgan fingerprint density at radius 2 is 1.72 bits per heavy atom. The van der Waals surface area contributed by atoms with Gasteiger partial charge in [0.2, 0.25) is 0 Å². The molecular weight excluding hydrogens is 416 g/mol. The van der Waals surface area contributed by atoms with Crippen LogP contribution in [0.3, 0.4) is 0 Å². The van der Waals surface area contributed by atoms with Gasteiger partial charge in [0.25, 0.3) is 0 Å². The van der Waals surface area contributed by atoms with Crippen molar-refractivity contribution in [3.63, 3.8) is 0 Å². The molecule has 2 aliphatic rings. The zero-order chi connectivity index (χ0) is 23.3. The van der Waals surface area contributed by atoms with Crippen LogP contribution in [-0.2, 0) is 6.54 Å². The summed E-state index contributed by atoms with van der Waals surface area (Å²) in [5.74, 6) is 1.08. The summed E-state index contributed by atoms with van der Waals surface area (Å²) in [7, 11) is 2.18. The van der Waals surface area contributed by atoms with E-state index in [9.17, 15) is 0 Å². The number of anilines is 1. The summed E-state index contributed by atoms with van der Waals surface area (Å²) < 4.78 is 0. The third-order valence-electron chi connectivity index (χ3n) is 5.76. The van der Waals surface area contributed by atoms with Crippen molar-refractivity contribution in [3.05, 3.63) is 41.9 Å². The SMILES string of the molecule is CC.CC.CSc1nc(CN2CCCCC2c2ccccn2)cc(N2CCN(C)CC2)n1. The summed E-state index contributed by atoms with van der Waals surface area (Å²) in [6.45, 7) is 14.2. The van der Waals surface area contributed by atoms with Gasteiger partial charge in [-0.15, -0.1) is 0 Å². The zero-order valence-corrected chi connectivity index (χ0v) is 21.7. The Kier molecular flexibility index (Phi) is 12.0. The highest BCUT2D eigenvalue weighted by molar-refractivity contribution is 7.98. The molecule has 6 nitrogen and oxygen atoms in total. The second kappa shape index (κ2) is 14.4. The highest BCUT2D eigenvalue weighted by Crippen LogP contribution is 2.31. The fraction of sp³-hybridized carbons (Fsp3) is 0.640. The molecule has 32 heavy (non-hydrogen) atoms. The van der Waals surface area contributed by atoms with Crippen molar-refractivity contribution in [2.24, 2.45) is 0 Å². The number of piperazine rings is 1. The van der Waals surface area contributed by atoms with Gasteiger partial charge in [-0.25, -0.2) is 9.97 Å². The first-order chi connectivity index (χ1) is 15.7. The molecule has 0 saturated carbocycles. The molecular formula is C25H42N6S. The minimum absolute atomic E-state index is 0.384. The average molecular weight is 459 g/mol. The molecule has 0 spiro atoms. The Morgan fingerprint density at radius 3 is 2.38 bits per heavy atom. The van der Waals surface area contributed by atoms with Crippen LogP contribution in [0.2, 0.25) is 0 Å². The van der Waals surface area contributed by atoms with Gasteiger partial charge in [0.1, 0.15) is 5.82 Å². The lowest BCUT2D eigenvalue weighted by Gasteiger charge is -2.36. The molecule has 0 bridgehead atoms. The molecule has 0 amide bonds. The summed E-state index contributed by atoms with van der Waals surface area (Å²) >= 11 is 1.63. The third-order valence-corrected chi connectivity index (χ3v) is 6.31. The van der Waals surface area contributed by atoms with Crippen LogP contribution in [0.5, 0.6) is 0 Å². The van der Waals surface area contributed by atoms with Gasteiger partial charge in [-0.3, -0.25) is 9.88 Å². The summed E-state index contributed by atoms with van der Waals surface area (Å²) in [4.78, 5) is 21.6. The third kappa shape index (κ3) is 7.42. The van der Waals surface area contributed by atoms with E-state index in [1.807, 2.05) is 40.0 Å². The van der Waals surface area contributed by atoms with E-state index in [1.54, 1.807) is 11.8 Å². The minimum atomic E-state index is 0.384. The Hall–Kier alpha value is -1.70. The molecule has 7 heteroatoms. The lowest BCUT2D eigenvalue weighted by molar-refractivity contribution is 0.135. The van der Waals surface area contributed by atoms with Crippen molar-refractivity contribution in [2.75, 3.05) is 50.9 Å². The Bertz CT molecular complexity index is 764. The number of nitrogens with zero attached hydrogens (tertiary/aromatic N) is 6. The summed E-state index contributed by atoms with van der Waals surface area (Å²) in [5, 5.41) is 0.873. The van der Waals surface area contributed by atoms with E-state index >= 15 is 0 Å². The lowest BCUT2D eigenvalue weighted by atomic mass is 9.98. The van der Waals surface area contributed by atoms with Crippen LogP contribution in [0, 0.1) is 0 Å². The molecule has 2 saturated heterocycles. The fourth-order valence-electron chi connectivity index (χ4n) is 4.13. The molecule has 0 radical (unpaired) electrons.